The normalized spacial score (nSPS) is 14.8. The molecule has 2 atom stereocenters. The minimum absolute atomic E-state index is 0.174. The standard InChI is InChI=1S/C13H19N5O2S/c1-3-12(14)10-5-4-6-11(7-10)21(19,20)18-9(2)13-15-8-16-17-13/h4-9,12,18H,3,14H2,1-2H3,(H,15,16,17). The van der Waals surface area contributed by atoms with Crippen LogP contribution in [-0.2, 0) is 10.0 Å². The first kappa shape index (κ1) is 15.6. The molecule has 1 aromatic carbocycles. The highest BCUT2D eigenvalue weighted by Crippen LogP contribution is 2.19. The van der Waals surface area contributed by atoms with Gasteiger partial charge in [0.15, 0.2) is 0 Å². The average Bonchev–Trinajstić information content (AvgIpc) is 3.00. The Morgan fingerprint density at radius 3 is 2.81 bits per heavy atom. The molecule has 2 unspecified atom stereocenters. The second kappa shape index (κ2) is 6.33. The van der Waals surface area contributed by atoms with E-state index in [0.717, 1.165) is 12.0 Å². The molecular weight excluding hydrogens is 290 g/mol. The zero-order valence-corrected chi connectivity index (χ0v) is 12.8. The second-order valence-corrected chi connectivity index (χ2v) is 6.51. The molecule has 0 fully saturated rings. The lowest BCUT2D eigenvalue weighted by atomic mass is 10.1. The van der Waals surface area contributed by atoms with E-state index in [9.17, 15) is 8.42 Å². The van der Waals surface area contributed by atoms with Crippen molar-refractivity contribution in [3.63, 3.8) is 0 Å². The highest BCUT2D eigenvalue weighted by atomic mass is 32.2. The quantitative estimate of drug-likeness (QED) is 0.743. The predicted octanol–water partition coefficient (Wildman–Crippen LogP) is 1.25. The fourth-order valence-corrected chi connectivity index (χ4v) is 3.19. The fraction of sp³-hybridized carbons (Fsp3) is 0.385. The van der Waals surface area contributed by atoms with Gasteiger partial charge in [-0.15, -0.1) is 0 Å². The van der Waals surface area contributed by atoms with Crippen LogP contribution in [0, 0.1) is 0 Å². The molecule has 8 heteroatoms. The number of aromatic amines is 1. The molecular formula is C13H19N5O2S. The van der Waals surface area contributed by atoms with Crippen LogP contribution in [0.25, 0.3) is 0 Å². The maximum absolute atomic E-state index is 12.4. The Kier molecular flexibility index (Phi) is 4.71. The topological polar surface area (TPSA) is 114 Å². The number of rotatable bonds is 6. The predicted molar refractivity (Wildman–Crippen MR) is 78.8 cm³/mol. The third-order valence-corrected chi connectivity index (χ3v) is 4.75. The Bertz CT molecular complexity index is 684. The van der Waals surface area contributed by atoms with Crippen molar-refractivity contribution >= 4 is 10.0 Å². The Labute approximate surface area is 124 Å². The molecule has 0 aliphatic carbocycles. The molecule has 1 aromatic heterocycles. The van der Waals surface area contributed by atoms with Crippen molar-refractivity contribution in [2.75, 3.05) is 0 Å². The lowest BCUT2D eigenvalue weighted by Gasteiger charge is -2.14. The summed E-state index contributed by atoms with van der Waals surface area (Å²) in [6.45, 7) is 3.65. The summed E-state index contributed by atoms with van der Waals surface area (Å²) in [7, 11) is -3.64. The van der Waals surface area contributed by atoms with Gasteiger partial charge in [-0.2, -0.15) is 5.10 Å². The van der Waals surface area contributed by atoms with Crippen molar-refractivity contribution in [3.8, 4) is 0 Å². The Morgan fingerprint density at radius 1 is 1.43 bits per heavy atom. The zero-order valence-electron chi connectivity index (χ0n) is 11.9. The van der Waals surface area contributed by atoms with E-state index >= 15 is 0 Å². The molecule has 0 saturated heterocycles. The Morgan fingerprint density at radius 2 is 2.19 bits per heavy atom. The van der Waals surface area contributed by atoms with Crippen molar-refractivity contribution in [3.05, 3.63) is 42.0 Å². The Hall–Kier alpha value is -1.77. The molecule has 1 heterocycles. The highest BCUT2D eigenvalue weighted by molar-refractivity contribution is 7.89. The molecule has 4 N–H and O–H groups in total. The molecule has 21 heavy (non-hydrogen) atoms. The summed E-state index contributed by atoms with van der Waals surface area (Å²) in [6.07, 6.45) is 2.08. The Balaban J connectivity index is 2.23. The van der Waals surface area contributed by atoms with Crippen LogP contribution in [0.3, 0.4) is 0 Å². The van der Waals surface area contributed by atoms with Crippen LogP contribution in [0.4, 0.5) is 0 Å². The SMILES string of the molecule is CCC(N)c1cccc(S(=O)(=O)NC(C)c2ncn[nH]2)c1. The van der Waals surface area contributed by atoms with Gasteiger partial charge in [-0.3, -0.25) is 5.10 Å². The summed E-state index contributed by atoms with van der Waals surface area (Å²) in [6, 6.07) is 5.99. The number of hydrogen-bond acceptors (Lipinski definition) is 5. The van der Waals surface area contributed by atoms with Crippen LogP contribution in [0.1, 0.15) is 43.7 Å². The first-order chi connectivity index (χ1) is 9.94. The number of sulfonamides is 1. The maximum Gasteiger partial charge on any atom is 0.241 e. The molecule has 0 aliphatic heterocycles. The van der Waals surface area contributed by atoms with Gasteiger partial charge in [0, 0.05) is 6.04 Å². The molecule has 0 saturated carbocycles. The fourth-order valence-electron chi connectivity index (χ4n) is 1.93. The summed E-state index contributed by atoms with van der Waals surface area (Å²) < 4.78 is 27.3. The van der Waals surface area contributed by atoms with E-state index in [1.807, 2.05) is 13.0 Å². The van der Waals surface area contributed by atoms with Gasteiger partial charge < -0.3 is 5.73 Å². The van der Waals surface area contributed by atoms with E-state index in [4.69, 9.17) is 5.73 Å². The molecule has 0 aliphatic rings. The molecule has 7 nitrogen and oxygen atoms in total. The van der Waals surface area contributed by atoms with Crippen LogP contribution < -0.4 is 10.5 Å². The number of nitrogens with zero attached hydrogens (tertiary/aromatic N) is 2. The summed E-state index contributed by atoms with van der Waals surface area (Å²) in [5.41, 5.74) is 6.75. The molecule has 0 bridgehead atoms. The van der Waals surface area contributed by atoms with E-state index in [1.165, 1.54) is 6.33 Å². The van der Waals surface area contributed by atoms with E-state index < -0.39 is 16.1 Å². The van der Waals surface area contributed by atoms with Gasteiger partial charge in [-0.25, -0.2) is 18.1 Å². The monoisotopic (exact) mass is 309 g/mol. The molecule has 2 rings (SSSR count). The number of H-pyrrole nitrogens is 1. The summed E-state index contributed by atoms with van der Waals surface area (Å²) in [5.74, 6) is 0.458. The first-order valence-electron chi connectivity index (χ1n) is 6.67. The number of aromatic nitrogens is 3. The maximum atomic E-state index is 12.4. The van der Waals surface area contributed by atoms with Gasteiger partial charge in [0.1, 0.15) is 12.2 Å². The average molecular weight is 309 g/mol. The van der Waals surface area contributed by atoms with Gasteiger partial charge in [-0.1, -0.05) is 19.1 Å². The van der Waals surface area contributed by atoms with Crippen molar-refractivity contribution in [1.82, 2.24) is 19.9 Å². The van der Waals surface area contributed by atoms with Gasteiger partial charge in [0.25, 0.3) is 0 Å². The minimum atomic E-state index is -3.64. The third kappa shape index (κ3) is 3.66. The van der Waals surface area contributed by atoms with Crippen LogP contribution in [0.15, 0.2) is 35.5 Å². The van der Waals surface area contributed by atoms with E-state index in [-0.39, 0.29) is 10.9 Å². The minimum Gasteiger partial charge on any atom is -0.324 e. The zero-order chi connectivity index (χ0) is 15.5. The lowest BCUT2D eigenvalue weighted by molar-refractivity contribution is 0.560. The summed E-state index contributed by atoms with van der Waals surface area (Å²) in [5, 5.41) is 6.35. The lowest BCUT2D eigenvalue weighted by Crippen LogP contribution is -2.27. The van der Waals surface area contributed by atoms with Crippen molar-refractivity contribution in [1.29, 1.82) is 0 Å². The van der Waals surface area contributed by atoms with Crippen molar-refractivity contribution in [2.24, 2.45) is 5.73 Å². The summed E-state index contributed by atoms with van der Waals surface area (Å²) >= 11 is 0. The third-order valence-electron chi connectivity index (χ3n) is 3.21. The highest BCUT2D eigenvalue weighted by Gasteiger charge is 2.20. The molecule has 0 spiro atoms. The van der Waals surface area contributed by atoms with Crippen LogP contribution >= 0.6 is 0 Å². The van der Waals surface area contributed by atoms with Gasteiger partial charge in [-0.05, 0) is 31.0 Å². The van der Waals surface area contributed by atoms with E-state index in [1.54, 1.807) is 25.1 Å². The van der Waals surface area contributed by atoms with E-state index in [0.29, 0.717) is 5.82 Å². The van der Waals surface area contributed by atoms with Gasteiger partial charge in [0.05, 0.1) is 10.9 Å². The van der Waals surface area contributed by atoms with Crippen molar-refractivity contribution in [2.45, 2.75) is 37.2 Å². The molecule has 114 valence electrons. The van der Waals surface area contributed by atoms with Crippen LogP contribution in [0.5, 0.6) is 0 Å². The summed E-state index contributed by atoms with van der Waals surface area (Å²) in [4.78, 5) is 4.13. The second-order valence-electron chi connectivity index (χ2n) is 4.80. The number of nitrogens with two attached hydrogens (primary N) is 1. The molecule has 0 amide bonds. The van der Waals surface area contributed by atoms with Gasteiger partial charge in [0.2, 0.25) is 10.0 Å². The van der Waals surface area contributed by atoms with Crippen LogP contribution in [0.2, 0.25) is 0 Å². The molecule has 2 aromatic rings. The number of benzene rings is 1. The van der Waals surface area contributed by atoms with Gasteiger partial charge >= 0.3 is 0 Å². The number of hydrogen-bond donors (Lipinski definition) is 3. The molecule has 0 radical (unpaired) electrons. The van der Waals surface area contributed by atoms with E-state index in [2.05, 4.69) is 19.9 Å². The smallest absolute Gasteiger partial charge is 0.241 e. The largest absolute Gasteiger partial charge is 0.324 e. The number of nitrogens with one attached hydrogen (secondary N) is 2. The van der Waals surface area contributed by atoms with Crippen LogP contribution in [-0.4, -0.2) is 23.6 Å². The van der Waals surface area contributed by atoms with Crippen molar-refractivity contribution < 1.29 is 8.42 Å². The first-order valence-corrected chi connectivity index (χ1v) is 8.15.